The quantitative estimate of drug-likeness (QED) is 0.713. The second-order valence-electron chi connectivity index (χ2n) is 1.76. The number of halogens is 2. The van der Waals surface area contributed by atoms with Crippen LogP contribution in [-0.4, -0.2) is 20.6 Å². The van der Waals surface area contributed by atoms with Gasteiger partial charge in [0.25, 0.3) is 0 Å². The summed E-state index contributed by atoms with van der Waals surface area (Å²) in [5.74, 6) is 0.446. The predicted molar refractivity (Wildman–Crippen MR) is 45.8 cm³/mol. The zero-order valence-corrected chi connectivity index (χ0v) is 7.60. The third-order valence-electron chi connectivity index (χ3n) is 1.02. The number of tetrazole rings is 1. The Morgan fingerprint density at radius 3 is 2.67 bits per heavy atom. The van der Waals surface area contributed by atoms with Crippen molar-refractivity contribution in [3.63, 3.8) is 0 Å². The highest BCUT2D eigenvalue weighted by atomic mass is 35.5. The second kappa shape index (κ2) is 6.79. The van der Waals surface area contributed by atoms with Crippen LogP contribution in [0.1, 0.15) is 18.3 Å². The van der Waals surface area contributed by atoms with Crippen molar-refractivity contribution < 1.29 is 0 Å². The van der Waals surface area contributed by atoms with Crippen molar-refractivity contribution in [2.45, 2.75) is 12.5 Å². The summed E-state index contributed by atoms with van der Waals surface area (Å²) in [6.07, 6.45) is 0.219. The van der Waals surface area contributed by atoms with Gasteiger partial charge >= 0.3 is 0 Å². The molecule has 0 fully saturated rings. The first-order valence-electron chi connectivity index (χ1n) is 2.70. The number of hydrogen-bond donors (Lipinski definition) is 2. The number of nitrogens with zero attached hydrogens (tertiary/aromatic N) is 4. The molecule has 0 amide bonds. The van der Waals surface area contributed by atoms with E-state index >= 15 is 0 Å². The van der Waals surface area contributed by atoms with Gasteiger partial charge in [0.1, 0.15) is 0 Å². The van der Waals surface area contributed by atoms with E-state index in [9.17, 15) is 0 Å². The summed E-state index contributed by atoms with van der Waals surface area (Å²) >= 11 is 0. The first-order valence-corrected chi connectivity index (χ1v) is 2.70. The molecule has 0 bridgehead atoms. The minimum Gasteiger partial charge on any atom is -0.320 e. The number of nitrogens with two attached hydrogens (primary N) is 1. The number of nitrogens with one attached hydrogen (secondary N) is 1. The minimum absolute atomic E-state index is 0. The Hall–Kier alpha value is -0.900. The van der Waals surface area contributed by atoms with Crippen LogP contribution in [0.15, 0.2) is 0 Å². The normalized spacial score (nSPS) is 10.3. The highest BCUT2D eigenvalue weighted by molar-refractivity contribution is 5.85. The summed E-state index contributed by atoms with van der Waals surface area (Å²) in [7, 11) is 0. The van der Waals surface area contributed by atoms with Crippen molar-refractivity contribution in [1.29, 1.82) is 5.26 Å². The van der Waals surface area contributed by atoms with Crippen LogP contribution in [0.5, 0.6) is 0 Å². The van der Waals surface area contributed by atoms with E-state index in [1.54, 1.807) is 0 Å². The molecule has 68 valence electrons. The average molecular weight is 211 g/mol. The highest BCUT2D eigenvalue weighted by Crippen LogP contribution is 2.03. The van der Waals surface area contributed by atoms with E-state index in [1.807, 2.05) is 6.07 Å². The number of H-pyrrole nitrogens is 1. The van der Waals surface area contributed by atoms with E-state index in [-0.39, 0.29) is 31.2 Å². The van der Waals surface area contributed by atoms with Crippen molar-refractivity contribution in [1.82, 2.24) is 20.6 Å². The molecule has 0 aliphatic carbocycles. The molecule has 0 spiro atoms. The molecule has 1 atom stereocenters. The summed E-state index contributed by atoms with van der Waals surface area (Å²) in [5.41, 5.74) is 5.45. The van der Waals surface area contributed by atoms with Crippen LogP contribution in [0.25, 0.3) is 0 Å². The van der Waals surface area contributed by atoms with E-state index in [2.05, 4.69) is 20.6 Å². The third-order valence-corrected chi connectivity index (χ3v) is 1.02. The summed E-state index contributed by atoms with van der Waals surface area (Å²) in [5, 5.41) is 20.9. The molecule has 0 saturated heterocycles. The second-order valence-corrected chi connectivity index (χ2v) is 1.76. The van der Waals surface area contributed by atoms with Crippen LogP contribution < -0.4 is 5.73 Å². The van der Waals surface area contributed by atoms with Gasteiger partial charge in [0.2, 0.25) is 0 Å². The average Bonchev–Trinajstić information content (AvgIpc) is 2.38. The molecule has 0 unspecified atom stereocenters. The lowest BCUT2D eigenvalue weighted by molar-refractivity contribution is 0.689. The van der Waals surface area contributed by atoms with Gasteiger partial charge in [-0.1, -0.05) is 0 Å². The van der Waals surface area contributed by atoms with Gasteiger partial charge in [-0.2, -0.15) is 5.26 Å². The van der Waals surface area contributed by atoms with Gasteiger partial charge in [-0.3, -0.25) is 0 Å². The number of aromatic amines is 1. The largest absolute Gasteiger partial charge is 0.320 e. The SMILES string of the molecule is Cl.Cl.N#CC[C@H](N)c1nnn[nH]1. The monoisotopic (exact) mass is 210 g/mol. The van der Waals surface area contributed by atoms with Gasteiger partial charge in [0.05, 0.1) is 18.5 Å². The maximum Gasteiger partial charge on any atom is 0.166 e. The topological polar surface area (TPSA) is 104 Å². The summed E-state index contributed by atoms with van der Waals surface area (Å²) in [4.78, 5) is 0. The van der Waals surface area contributed by atoms with Crippen molar-refractivity contribution in [2.75, 3.05) is 0 Å². The van der Waals surface area contributed by atoms with Gasteiger partial charge < -0.3 is 5.73 Å². The van der Waals surface area contributed by atoms with Crippen molar-refractivity contribution in [3.05, 3.63) is 5.82 Å². The molecule has 0 aliphatic rings. The Morgan fingerprint density at radius 2 is 2.25 bits per heavy atom. The molecule has 0 saturated carbocycles. The zero-order valence-electron chi connectivity index (χ0n) is 5.97. The van der Waals surface area contributed by atoms with Crippen LogP contribution in [0.3, 0.4) is 0 Å². The Bertz CT molecular complexity index is 228. The molecule has 1 aromatic heterocycles. The molecule has 1 aromatic rings. The summed E-state index contributed by atoms with van der Waals surface area (Å²) in [6.45, 7) is 0. The lowest BCUT2D eigenvalue weighted by Crippen LogP contribution is -2.11. The molecule has 1 rings (SSSR count). The number of rotatable bonds is 2. The van der Waals surface area contributed by atoms with E-state index in [0.717, 1.165) is 0 Å². The van der Waals surface area contributed by atoms with Gasteiger partial charge in [0.15, 0.2) is 5.82 Å². The van der Waals surface area contributed by atoms with Crippen LogP contribution in [0, 0.1) is 11.3 Å². The summed E-state index contributed by atoms with van der Waals surface area (Å²) in [6, 6.07) is 1.51. The van der Waals surface area contributed by atoms with Crippen LogP contribution in [-0.2, 0) is 0 Å². The molecule has 8 heteroatoms. The third kappa shape index (κ3) is 3.48. The van der Waals surface area contributed by atoms with Crippen molar-refractivity contribution >= 4 is 24.8 Å². The predicted octanol–water partition coefficient (Wildman–Crippen LogP) is -0.0432. The first-order chi connectivity index (χ1) is 4.84. The Kier molecular flexibility index (Phi) is 7.73. The molecular weight excluding hydrogens is 203 g/mol. The fraction of sp³-hybridized carbons (Fsp3) is 0.500. The molecule has 0 radical (unpaired) electrons. The van der Waals surface area contributed by atoms with Gasteiger partial charge in [0, 0.05) is 0 Å². The van der Waals surface area contributed by atoms with E-state index in [0.29, 0.717) is 5.82 Å². The summed E-state index contributed by atoms with van der Waals surface area (Å²) < 4.78 is 0. The fourth-order valence-corrected chi connectivity index (χ4v) is 0.519. The zero-order chi connectivity index (χ0) is 7.40. The fourth-order valence-electron chi connectivity index (χ4n) is 0.519. The standard InChI is InChI=1S/C4H6N6.2ClH/c5-2-1-3(6)4-7-9-10-8-4;;/h3H,1,6H2,(H,7,8,9,10);2*1H/t3-;;/m0../s1. The smallest absolute Gasteiger partial charge is 0.166 e. The van der Waals surface area contributed by atoms with Gasteiger partial charge in [-0.05, 0) is 10.4 Å². The Morgan fingerprint density at radius 1 is 1.58 bits per heavy atom. The van der Waals surface area contributed by atoms with Crippen LogP contribution >= 0.6 is 24.8 Å². The maximum atomic E-state index is 8.22. The molecule has 1 heterocycles. The van der Waals surface area contributed by atoms with Crippen LogP contribution in [0.2, 0.25) is 0 Å². The van der Waals surface area contributed by atoms with Crippen LogP contribution in [0.4, 0.5) is 0 Å². The van der Waals surface area contributed by atoms with Gasteiger partial charge in [-0.25, -0.2) is 5.10 Å². The number of hydrogen-bond acceptors (Lipinski definition) is 5. The molecule has 0 aromatic carbocycles. The Labute approximate surface area is 81.3 Å². The maximum absolute atomic E-state index is 8.22. The van der Waals surface area contributed by atoms with E-state index < -0.39 is 6.04 Å². The first kappa shape index (κ1) is 13.7. The highest BCUT2D eigenvalue weighted by Gasteiger charge is 2.07. The molecule has 0 aliphatic heterocycles. The molecule has 6 nitrogen and oxygen atoms in total. The molecular formula is C4H8Cl2N6. The number of nitriles is 1. The lowest BCUT2D eigenvalue weighted by atomic mass is 10.2. The van der Waals surface area contributed by atoms with Gasteiger partial charge in [-0.15, -0.1) is 29.9 Å². The molecule has 12 heavy (non-hydrogen) atoms. The van der Waals surface area contributed by atoms with Crippen molar-refractivity contribution in [3.8, 4) is 6.07 Å². The van der Waals surface area contributed by atoms with Crippen molar-refractivity contribution in [2.24, 2.45) is 5.73 Å². The van der Waals surface area contributed by atoms with E-state index in [4.69, 9.17) is 11.0 Å². The Balaban J connectivity index is 0. The number of aromatic nitrogens is 4. The molecule has 3 N–H and O–H groups in total. The van der Waals surface area contributed by atoms with E-state index in [1.165, 1.54) is 0 Å². The minimum atomic E-state index is -0.403. The lowest BCUT2D eigenvalue weighted by Gasteiger charge is -1.97.